The van der Waals surface area contributed by atoms with Crippen LogP contribution in [-0.4, -0.2) is 37.0 Å². The van der Waals surface area contributed by atoms with Gasteiger partial charge in [0.1, 0.15) is 0 Å². The maximum Gasteiger partial charge on any atom is 0.227 e. The zero-order valence-electron chi connectivity index (χ0n) is 13.6. The molecule has 1 heterocycles. The summed E-state index contributed by atoms with van der Waals surface area (Å²) in [5.74, 6) is 0.296. The standard InChI is InChI=1S/C18H28N2O/c1-14-7-8-15(2)16(12-14)13-18(21)20-11-5-4-6-17(20)9-10-19-3/h7-8,12,17,19H,4-6,9-11,13H2,1-3H3. The molecule has 0 bridgehead atoms. The van der Waals surface area contributed by atoms with Crippen LogP contribution in [0.4, 0.5) is 0 Å². The number of hydrogen-bond acceptors (Lipinski definition) is 2. The first-order chi connectivity index (χ1) is 10.1. The van der Waals surface area contributed by atoms with Crippen molar-refractivity contribution in [2.24, 2.45) is 0 Å². The van der Waals surface area contributed by atoms with E-state index in [-0.39, 0.29) is 0 Å². The SMILES string of the molecule is CNCCC1CCCCN1C(=O)Cc1cc(C)ccc1C. The van der Waals surface area contributed by atoms with E-state index in [1.54, 1.807) is 0 Å². The summed E-state index contributed by atoms with van der Waals surface area (Å²) in [7, 11) is 1.98. The molecule has 116 valence electrons. The Morgan fingerprint density at radius 2 is 2.14 bits per heavy atom. The maximum absolute atomic E-state index is 12.7. The highest BCUT2D eigenvalue weighted by Crippen LogP contribution is 2.21. The van der Waals surface area contributed by atoms with Crippen LogP contribution < -0.4 is 5.32 Å². The molecule has 1 aliphatic rings. The van der Waals surface area contributed by atoms with Crippen LogP contribution in [0, 0.1) is 13.8 Å². The van der Waals surface area contributed by atoms with E-state index in [1.807, 2.05) is 7.05 Å². The average molecular weight is 288 g/mol. The lowest BCUT2D eigenvalue weighted by atomic mass is 9.97. The molecule has 0 spiro atoms. The molecule has 1 aromatic rings. The average Bonchev–Trinajstić information content (AvgIpc) is 2.49. The quantitative estimate of drug-likeness (QED) is 0.903. The van der Waals surface area contributed by atoms with E-state index in [0.717, 1.165) is 32.4 Å². The van der Waals surface area contributed by atoms with Gasteiger partial charge in [-0.25, -0.2) is 0 Å². The topological polar surface area (TPSA) is 32.3 Å². The summed E-state index contributed by atoms with van der Waals surface area (Å²) in [4.78, 5) is 14.8. The minimum absolute atomic E-state index is 0.296. The van der Waals surface area contributed by atoms with E-state index in [9.17, 15) is 4.79 Å². The fraction of sp³-hybridized carbons (Fsp3) is 0.611. The molecular formula is C18H28N2O. The Morgan fingerprint density at radius 1 is 1.33 bits per heavy atom. The molecule has 1 saturated heterocycles. The van der Waals surface area contributed by atoms with Gasteiger partial charge in [0.05, 0.1) is 6.42 Å². The summed E-state index contributed by atoms with van der Waals surface area (Å²) in [5.41, 5.74) is 3.63. The van der Waals surface area contributed by atoms with Crippen molar-refractivity contribution in [1.82, 2.24) is 10.2 Å². The Hall–Kier alpha value is -1.35. The molecule has 3 heteroatoms. The van der Waals surface area contributed by atoms with Crippen molar-refractivity contribution in [1.29, 1.82) is 0 Å². The van der Waals surface area contributed by atoms with Crippen LogP contribution in [-0.2, 0) is 11.2 Å². The van der Waals surface area contributed by atoms with Crippen molar-refractivity contribution in [3.05, 3.63) is 34.9 Å². The Morgan fingerprint density at radius 3 is 2.90 bits per heavy atom. The lowest BCUT2D eigenvalue weighted by molar-refractivity contribution is -0.134. The lowest BCUT2D eigenvalue weighted by Gasteiger charge is -2.36. The highest BCUT2D eigenvalue weighted by Gasteiger charge is 2.26. The molecule has 1 atom stereocenters. The number of hydrogen-bond donors (Lipinski definition) is 1. The van der Waals surface area contributed by atoms with E-state index in [4.69, 9.17) is 0 Å². The first-order valence-electron chi connectivity index (χ1n) is 8.12. The fourth-order valence-corrected chi connectivity index (χ4v) is 3.20. The molecule has 1 unspecified atom stereocenters. The number of carbonyl (C=O) groups is 1. The number of nitrogens with one attached hydrogen (secondary N) is 1. The monoisotopic (exact) mass is 288 g/mol. The van der Waals surface area contributed by atoms with Gasteiger partial charge in [-0.1, -0.05) is 23.8 Å². The van der Waals surface area contributed by atoms with Gasteiger partial charge in [-0.3, -0.25) is 4.79 Å². The molecule has 1 fully saturated rings. The molecule has 0 saturated carbocycles. The molecule has 1 N–H and O–H groups in total. The molecular weight excluding hydrogens is 260 g/mol. The number of carbonyl (C=O) groups excluding carboxylic acids is 1. The normalized spacial score (nSPS) is 18.8. The highest BCUT2D eigenvalue weighted by atomic mass is 16.2. The third-order valence-corrected chi connectivity index (χ3v) is 4.52. The van der Waals surface area contributed by atoms with Crippen LogP contribution in [0.5, 0.6) is 0 Å². The summed E-state index contributed by atoms with van der Waals surface area (Å²) in [6.45, 7) is 6.09. The number of nitrogens with zero attached hydrogens (tertiary/aromatic N) is 1. The first kappa shape index (κ1) is 16.0. The van der Waals surface area contributed by atoms with Crippen LogP contribution in [0.25, 0.3) is 0 Å². The van der Waals surface area contributed by atoms with Crippen molar-refractivity contribution < 1.29 is 4.79 Å². The van der Waals surface area contributed by atoms with Gasteiger partial charge in [-0.2, -0.15) is 0 Å². The third-order valence-electron chi connectivity index (χ3n) is 4.52. The van der Waals surface area contributed by atoms with Crippen LogP contribution >= 0.6 is 0 Å². The van der Waals surface area contributed by atoms with Crippen molar-refractivity contribution in [2.75, 3.05) is 20.1 Å². The third kappa shape index (κ3) is 4.31. The van der Waals surface area contributed by atoms with Crippen molar-refractivity contribution in [2.45, 2.75) is 52.0 Å². The van der Waals surface area contributed by atoms with Gasteiger partial charge in [0, 0.05) is 12.6 Å². The lowest BCUT2D eigenvalue weighted by Crippen LogP contribution is -2.45. The fourth-order valence-electron chi connectivity index (χ4n) is 3.20. The van der Waals surface area contributed by atoms with Gasteiger partial charge in [-0.05, 0) is 64.3 Å². The summed E-state index contributed by atoms with van der Waals surface area (Å²) < 4.78 is 0. The van der Waals surface area contributed by atoms with Gasteiger partial charge >= 0.3 is 0 Å². The van der Waals surface area contributed by atoms with E-state index < -0.39 is 0 Å². The van der Waals surface area contributed by atoms with Gasteiger partial charge < -0.3 is 10.2 Å². The maximum atomic E-state index is 12.7. The largest absolute Gasteiger partial charge is 0.339 e. The van der Waals surface area contributed by atoms with E-state index in [2.05, 4.69) is 42.3 Å². The molecule has 1 aliphatic heterocycles. The Bertz CT molecular complexity index is 484. The molecule has 2 rings (SSSR count). The zero-order valence-corrected chi connectivity index (χ0v) is 13.6. The van der Waals surface area contributed by atoms with Crippen molar-refractivity contribution >= 4 is 5.91 Å². The summed E-state index contributed by atoms with van der Waals surface area (Å²) in [5, 5.41) is 3.20. The van der Waals surface area contributed by atoms with Crippen LogP contribution in [0.15, 0.2) is 18.2 Å². The highest BCUT2D eigenvalue weighted by molar-refractivity contribution is 5.79. The minimum Gasteiger partial charge on any atom is -0.339 e. The Kier molecular flexibility index (Phi) is 5.80. The van der Waals surface area contributed by atoms with Crippen LogP contribution in [0.1, 0.15) is 42.4 Å². The molecule has 0 aliphatic carbocycles. The second-order valence-electron chi connectivity index (χ2n) is 6.24. The molecule has 0 aromatic heterocycles. The number of piperidine rings is 1. The number of likely N-dealkylation sites (tertiary alicyclic amines) is 1. The van der Waals surface area contributed by atoms with Gasteiger partial charge in [0.2, 0.25) is 5.91 Å². The second-order valence-corrected chi connectivity index (χ2v) is 6.24. The smallest absolute Gasteiger partial charge is 0.227 e. The van der Waals surface area contributed by atoms with Gasteiger partial charge in [-0.15, -0.1) is 0 Å². The van der Waals surface area contributed by atoms with Crippen molar-refractivity contribution in [3.63, 3.8) is 0 Å². The zero-order chi connectivity index (χ0) is 15.2. The van der Waals surface area contributed by atoms with Crippen molar-refractivity contribution in [3.8, 4) is 0 Å². The first-order valence-corrected chi connectivity index (χ1v) is 8.12. The van der Waals surface area contributed by atoms with E-state index in [0.29, 0.717) is 18.4 Å². The Labute approximate surface area is 128 Å². The predicted octanol–water partition coefficient (Wildman–Crippen LogP) is 2.84. The number of amides is 1. The molecule has 1 amide bonds. The summed E-state index contributed by atoms with van der Waals surface area (Å²) in [6, 6.07) is 6.80. The number of aryl methyl sites for hydroxylation is 2. The summed E-state index contributed by atoms with van der Waals surface area (Å²) >= 11 is 0. The summed E-state index contributed by atoms with van der Waals surface area (Å²) in [6.07, 6.45) is 5.16. The van der Waals surface area contributed by atoms with Gasteiger partial charge in [0.25, 0.3) is 0 Å². The molecule has 21 heavy (non-hydrogen) atoms. The predicted molar refractivity (Wildman–Crippen MR) is 87.5 cm³/mol. The molecule has 3 nitrogen and oxygen atoms in total. The minimum atomic E-state index is 0.296. The van der Waals surface area contributed by atoms with Gasteiger partial charge in [0.15, 0.2) is 0 Å². The van der Waals surface area contributed by atoms with Crippen LogP contribution in [0.2, 0.25) is 0 Å². The second kappa shape index (κ2) is 7.60. The molecule has 1 aromatic carbocycles. The Balaban J connectivity index is 2.04. The number of rotatable bonds is 5. The number of benzene rings is 1. The van der Waals surface area contributed by atoms with E-state index in [1.165, 1.54) is 23.1 Å². The van der Waals surface area contributed by atoms with E-state index >= 15 is 0 Å². The van der Waals surface area contributed by atoms with Crippen LogP contribution in [0.3, 0.4) is 0 Å². The molecule has 0 radical (unpaired) electrons.